The van der Waals surface area contributed by atoms with Gasteiger partial charge >= 0.3 is 0 Å². The van der Waals surface area contributed by atoms with E-state index in [0.29, 0.717) is 12.0 Å². The molecule has 0 saturated carbocycles. The lowest BCUT2D eigenvalue weighted by molar-refractivity contribution is 0.550. The first-order chi connectivity index (χ1) is 10.9. The van der Waals surface area contributed by atoms with Crippen molar-refractivity contribution in [1.82, 2.24) is 0 Å². The second kappa shape index (κ2) is 6.92. The molecule has 1 unspecified atom stereocenters. The first-order valence-corrected chi connectivity index (χ1v) is 8.71. The van der Waals surface area contributed by atoms with Gasteiger partial charge in [-0.1, -0.05) is 42.5 Å². The maximum atomic E-state index is 13.5. The van der Waals surface area contributed by atoms with Crippen LogP contribution in [0.25, 0.3) is 0 Å². The highest BCUT2D eigenvalue weighted by Crippen LogP contribution is 2.30. The molecule has 120 valence electrons. The maximum Gasteiger partial charge on any atom is 0.206 e. The van der Waals surface area contributed by atoms with Gasteiger partial charge in [0.25, 0.3) is 0 Å². The highest BCUT2D eigenvalue weighted by molar-refractivity contribution is 7.91. The van der Waals surface area contributed by atoms with Crippen LogP contribution in [-0.2, 0) is 9.84 Å². The molecule has 0 bridgehead atoms. The first-order valence-electron chi connectivity index (χ1n) is 7.23. The quantitative estimate of drug-likeness (QED) is 0.701. The van der Waals surface area contributed by atoms with E-state index >= 15 is 0 Å². The summed E-state index contributed by atoms with van der Waals surface area (Å²) < 4.78 is 38.7. The highest BCUT2D eigenvalue weighted by Gasteiger charge is 2.19. The van der Waals surface area contributed by atoms with E-state index in [9.17, 15) is 12.8 Å². The van der Waals surface area contributed by atoms with Crippen LogP contribution in [0.5, 0.6) is 0 Å². The van der Waals surface area contributed by atoms with Crippen molar-refractivity contribution in [3.05, 3.63) is 84.7 Å². The average Bonchev–Trinajstić information content (AvgIpc) is 2.53. The van der Waals surface area contributed by atoms with Crippen LogP contribution in [0.2, 0.25) is 0 Å². The fourth-order valence-corrected chi connectivity index (χ4v) is 3.61. The van der Waals surface area contributed by atoms with Crippen LogP contribution < -0.4 is 0 Å². The van der Waals surface area contributed by atoms with Crippen molar-refractivity contribution in [2.24, 2.45) is 0 Å². The number of allylic oxidation sites excluding steroid dienone is 2. The smallest absolute Gasteiger partial charge is 0.206 e. The van der Waals surface area contributed by atoms with Gasteiger partial charge in [-0.2, -0.15) is 0 Å². The fraction of sp³-hybridized carbons (Fsp3) is 0.158. The van der Waals surface area contributed by atoms with Crippen LogP contribution in [0.15, 0.2) is 83.4 Å². The van der Waals surface area contributed by atoms with E-state index in [1.807, 2.05) is 6.92 Å². The second-order valence-corrected chi connectivity index (χ2v) is 7.36. The second-order valence-electron chi connectivity index (χ2n) is 5.41. The molecule has 0 aliphatic rings. The van der Waals surface area contributed by atoms with Crippen molar-refractivity contribution in [3.8, 4) is 0 Å². The van der Waals surface area contributed by atoms with Gasteiger partial charge in [0.1, 0.15) is 5.83 Å². The summed E-state index contributed by atoms with van der Waals surface area (Å²) in [5, 5.41) is 0. The Hall–Kier alpha value is -2.20. The molecule has 2 rings (SSSR count). The van der Waals surface area contributed by atoms with Gasteiger partial charge in [-0.3, -0.25) is 0 Å². The highest BCUT2D eigenvalue weighted by atomic mass is 32.2. The summed E-state index contributed by atoms with van der Waals surface area (Å²) in [7, 11) is -3.57. The molecule has 2 aromatic rings. The monoisotopic (exact) mass is 330 g/mol. The minimum atomic E-state index is -3.57. The molecule has 0 heterocycles. The number of sulfone groups is 1. The van der Waals surface area contributed by atoms with Gasteiger partial charge in [0.15, 0.2) is 0 Å². The Morgan fingerprint density at radius 2 is 1.57 bits per heavy atom. The Morgan fingerprint density at radius 1 is 1.09 bits per heavy atom. The standard InChI is InChI=1S/C19H19FO2S/c1-4-5-19(15(3)20)16-8-12-18(13-9-16)23(21,22)17-10-6-14(2)7-11-17/h4,6-13,19H,1,3,5H2,2H3. The molecule has 0 aliphatic carbocycles. The van der Waals surface area contributed by atoms with Gasteiger partial charge in [0.2, 0.25) is 9.84 Å². The van der Waals surface area contributed by atoms with Crippen molar-refractivity contribution < 1.29 is 12.8 Å². The predicted octanol–water partition coefficient (Wildman–Crippen LogP) is 4.97. The molecule has 0 radical (unpaired) electrons. The lowest BCUT2D eigenvalue weighted by Gasteiger charge is -2.13. The van der Waals surface area contributed by atoms with Gasteiger partial charge in [0.05, 0.1) is 9.79 Å². The third-order valence-corrected chi connectivity index (χ3v) is 5.49. The Morgan fingerprint density at radius 3 is 2.00 bits per heavy atom. The molecule has 0 aliphatic heterocycles. The van der Waals surface area contributed by atoms with Gasteiger partial charge in [-0.15, -0.1) is 6.58 Å². The summed E-state index contributed by atoms with van der Waals surface area (Å²) in [5.74, 6) is -0.956. The molecular weight excluding hydrogens is 311 g/mol. The lowest BCUT2D eigenvalue weighted by Crippen LogP contribution is -2.03. The molecule has 0 saturated heterocycles. The third-order valence-electron chi connectivity index (χ3n) is 3.70. The van der Waals surface area contributed by atoms with Crippen LogP contribution in [-0.4, -0.2) is 8.42 Å². The van der Waals surface area contributed by atoms with Crippen LogP contribution in [0, 0.1) is 6.92 Å². The van der Waals surface area contributed by atoms with Gasteiger partial charge in [-0.05, 0) is 43.2 Å². The molecule has 2 nitrogen and oxygen atoms in total. The minimum Gasteiger partial charge on any atom is -0.219 e. The molecule has 4 heteroatoms. The largest absolute Gasteiger partial charge is 0.219 e. The number of benzene rings is 2. The number of hydrogen-bond donors (Lipinski definition) is 0. The molecule has 0 fully saturated rings. The fourth-order valence-electron chi connectivity index (χ4n) is 2.34. The summed E-state index contributed by atoms with van der Waals surface area (Å²) >= 11 is 0. The third kappa shape index (κ3) is 3.77. The predicted molar refractivity (Wildman–Crippen MR) is 90.9 cm³/mol. The Labute approximate surface area is 136 Å². The molecule has 23 heavy (non-hydrogen) atoms. The van der Waals surface area contributed by atoms with E-state index in [0.717, 1.165) is 5.56 Å². The Balaban J connectivity index is 2.36. The van der Waals surface area contributed by atoms with Gasteiger partial charge in [0, 0.05) is 5.92 Å². The van der Waals surface area contributed by atoms with Crippen molar-refractivity contribution in [1.29, 1.82) is 0 Å². The Kier molecular flexibility index (Phi) is 5.16. The van der Waals surface area contributed by atoms with E-state index in [2.05, 4.69) is 13.2 Å². The summed E-state index contributed by atoms with van der Waals surface area (Å²) in [4.78, 5) is 0.431. The van der Waals surface area contributed by atoms with E-state index in [1.165, 1.54) is 12.1 Å². The molecule has 0 aromatic heterocycles. The SMILES string of the molecule is C=CCC(C(=C)F)c1ccc(S(=O)(=O)c2ccc(C)cc2)cc1. The number of aryl methyl sites for hydroxylation is 1. The topological polar surface area (TPSA) is 34.1 Å². The number of halogens is 1. The van der Waals surface area contributed by atoms with Crippen LogP contribution in [0.1, 0.15) is 23.5 Å². The zero-order valence-corrected chi connectivity index (χ0v) is 13.8. The van der Waals surface area contributed by atoms with Crippen molar-refractivity contribution in [2.45, 2.75) is 29.1 Å². The number of hydrogen-bond acceptors (Lipinski definition) is 2. The van der Waals surface area contributed by atoms with Crippen molar-refractivity contribution in [2.75, 3.05) is 0 Å². The summed E-state index contributed by atoms with van der Waals surface area (Å²) in [6, 6.07) is 12.9. The van der Waals surface area contributed by atoms with Crippen molar-refractivity contribution >= 4 is 9.84 Å². The van der Waals surface area contributed by atoms with E-state index in [4.69, 9.17) is 0 Å². The van der Waals surface area contributed by atoms with Gasteiger partial charge < -0.3 is 0 Å². The minimum absolute atomic E-state index is 0.187. The lowest BCUT2D eigenvalue weighted by atomic mass is 9.95. The molecule has 1 atom stereocenters. The van der Waals surface area contributed by atoms with E-state index < -0.39 is 21.6 Å². The van der Waals surface area contributed by atoms with Crippen LogP contribution in [0.4, 0.5) is 4.39 Å². The summed E-state index contributed by atoms with van der Waals surface area (Å²) in [5.41, 5.74) is 1.67. The van der Waals surface area contributed by atoms with Crippen LogP contribution >= 0.6 is 0 Å². The van der Waals surface area contributed by atoms with Gasteiger partial charge in [-0.25, -0.2) is 12.8 Å². The van der Waals surface area contributed by atoms with E-state index in [1.54, 1.807) is 42.5 Å². The van der Waals surface area contributed by atoms with Crippen LogP contribution in [0.3, 0.4) is 0 Å². The molecule has 0 spiro atoms. The molecular formula is C19H19FO2S. The number of rotatable bonds is 6. The zero-order valence-electron chi connectivity index (χ0n) is 13.0. The maximum absolute atomic E-state index is 13.5. The first kappa shape index (κ1) is 17.2. The Bertz CT molecular complexity index is 803. The average molecular weight is 330 g/mol. The summed E-state index contributed by atoms with van der Waals surface area (Å²) in [6.07, 6.45) is 2.03. The summed E-state index contributed by atoms with van der Waals surface area (Å²) in [6.45, 7) is 8.85. The van der Waals surface area contributed by atoms with E-state index in [-0.39, 0.29) is 9.79 Å². The molecule has 0 N–H and O–H groups in total. The molecule has 2 aromatic carbocycles. The molecule has 0 amide bonds. The zero-order chi connectivity index (χ0) is 17.0. The van der Waals surface area contributed by atoms with Crippen molar-refractivity contribution in [3.63, 3.8) is 0 Å². The normalized spacial score (nSPS) is 12.6.